The molecular weight excluding hydrogens is 242 g/mol. The maximum atomic E-state index is 8.93. The first-order chi connectivity index (χ1) is 8.24. The first kappa shape index (κ1) is 12.4. The summed E-state index contributed by atoms with van der Waals surface area (Å²) >= 11 is 6.09. The number of aliphatic hydroxyl groups is 1. The number of rotatable bonds is 4. The molecule has 1 N–H and O–H groups in total. The van der Waals surface area contributed by atoms with E-state index in [0.717, 1.165) is 31.7 Å². The quantitative estimate of drug-likeness (QED) is 0.882. The van der Waals surface area contributed by atoms with Crippen LogP contribution < -0.4 is 9.64 Å². The Bertz CT molecular complexity index is 389. The molecular formula is C11H16ClN3O2. The molecule has 0 amide bonds. The van der Waals surface area contributed by atoms with Crippen LogP contribution in [0.2, 0.25) is 5.02 Å². The van der Waals surface area contributed by atoms with E-state index in [0.29, 0.717) is 17.0 Å². The molecule has 0 bridgehead atoms. The first-order valence-corrected chi connectivity index (χ1v) is 6.04. The fourth-order valence-corrected chi connectivity index (χ4v) is 2.32. The molecule has 6 heteroatoms. The van der Waals surface area contributed by atoms with E-state index in [9.17, 15) is 0 Å². The molecule has 1 aromatic heterocycles. The summed E-state index contributed by atoms with van der Waals surface area (Å²) in [5.41, 5.74) is 0. The zero-order valence-electron chi connectivity index (χ0n) is 9.77. The summed E-state index contributed by atoms with van der Waals surface area (Å²) in [6.07, 6.45) is 3.45. The number of aromatic nitrogens is 2. The standard InChI is InChI=1S/C11H16ClN3O2/c1-17-11-13-6-9(12)10(14-11)15-4-2-8(7-15)3-5-16/h6,8,16H,2-5,7H2,1H3. The van der Waals surface area contributed by atoms with Crippen molar-refractivity contribution in [3.8, 4) is 6.01 Å². The highest BCUT2D eigenvalue weighted by Crippen LogP contribution is 2.30. The molecule has 1 unspecified atom stereocenters. The second kappa shape index (κ2) is 5.51. The van der Waals surface area contributed by atoms with Crippen LogP contribution >= 0.6 is 11.6 Å². The predicted molar refractivity (Wildman–Crippen MR) is 65.6 cm³/mol. The lowest BCUT2D eigenvalue weighted by Gasteiger charge is -2.18. The lowest BCUT2D eigenvalue weighted by atomic mass is 10.1. The lowest BCUT2D eigenvalue weighted by molar-refractivity contribution is 0.263. The van der Waals surface area contributed by atoms with Crippen LogP contribution in [0.1, 0.15) is 12.8 Å². The van der Waals surface area contributed by atoms with E-state index in [1.807, 2.05) is 0 Å². The van der Waals surface area contributed by atoms with Crippen molar-refractivity contribution in [2.75, 3.05) is 31.7 Å². The summed E-state index contributed by atoms with van der Waals surface area (Å²) in [5.74, 6) is 1.23. The number of hydrogen-bond acceptors (Lipinski definition) is 5. The van der Waals surface area contributed by atoms with Gasteiger partial charge >= 0.3 is 6.01 Å². The molecule has 0 aliphatic carbocycles. The third-order valence-corrected chi connectivity index (χ3v) is 3.28. The monoisotopic (exact) mass is 257 g/mol. The van der Waals surface area contributed by atoms with Crippen LogP contribution in [0.3, 0.4) is 0 Å². The Hall–Kier alpha value is -1.07. The van der Waals surface area contributed by atoms with Crippen molar-refractivity contribution < 1.29 is 9.84 Å². The number of halogens is 1. The van der Waals surface area contributed by atoms with E-state index >= 15 is 0 Å². The van der Waals surface area contributed by atoms with Crippen molar-refractivity contribution in [1.82, 2.24) is 9.97 Å². The van der Waals surface area contributed by atoms with Gasteiger partial charge in [0.2, 0.25) is 0 Å². The molecule has 2 rings (SSSR count). The molecule has 2 heterocycles. The minimum absolute atomic E-state index is 0.235. The van der Waals surface area contributed by atoms with Crippen molar-refractivity contribution >= 4 is 17.4 Å². The molecule has 94 valence electrons. The number of hydrogen-bond donors (Lipinski definition) is 1. The Labute approximate surface area is 105 Å². The summed E-state index contributed by atoms with van der Waals surface area (Å²) < 4.78 is 5.00. The topological polar surface area (TPSA) is 58.5 Å². The van der Waals surface area contributed by atoms with Crippen LogP contribution in [0.15, 0.2) is 6.20 Å². The van der Waals surface area contributed by atoms with Gasteiger partial charge in [0.05, 0.1) is 13.3 Å². The SMILES string of the molecule is COc1ncc(Cl)c(N2CCC(CCO)C2)n1. The molecule has 0 aromatic carbocycles. The largest absolute Gasteiger partial charge is 0.467 e. The maximum absolute atomic E-state index is 8.93. The van der Waals surface area contributed by atoms with Crippen LogP contribution in [-0.2, 0) is 0 Å². The van der Waals surface area contributed by atoms with Gasteiger partial charge in [-0.1, -0.05) is 11.6 Å². The lowest BCUT2D eigenvalue weighted by Crippen LogP contribution is -2.21. The Morgan fingerprint density at radius 3 is 3.18 bits per heavy atom. The van der Waals surface area contributed by atoms with Gasteiger partial charge in [-0.05, 0) is 18.8 Å². The zero-order chi connectivity index (χ0) is 12.3. The Morgan fingerprint density at radius 1 is 1.65 bits per heavy atom. The maximum Gasteiger partial charge on any atom is 0.318 e. The van der Waals surface area contributed by atoms with Gasteiger partial charge in [-0.3, -0.25) is 0 Å². The Kier molecular flexibility index (Phi) is 4.02. The fourth-order valence-electron chi connectivity index (χ4n) is 2.11. The van der Waals surface area contributed by atoms with Gasteiger partial charge in [-0.2, -0.15) is 4.98 Å². The molecule has 17 heavy (non-hydrogen) atoms. The second-order valence-electron chi connectivity index (χ2n) is 4.14. The van der Waals surface area contributed by atoms with E-state index in [4.69, 9.17) is 21.4 Å². The average Bonchev–Trinajstić information content (AvgIpc) is 2.79. The van der Waals surface area contributed by atoms with Gasteiger partial charge < -0.3 is 14.7 Å². The van der Waals surface area contributed by atoms with Gasteiger partial charge in [0.15, 0.2) is 5.82 Å². The minimum Gasteiger partial charge on any atom is -0.467 e. The zero-order valence-corrected chi connectivity index (χ0v) is 10.5. The molecule has 1 aromatic rings. The van der Waals surface area contributed by atoms with Gasteiger partial charge in [0.1, 0.15) is 5.02 Å². The number of nitrogens with zero attached hydrogens (tertiary/aromatic N) is 3. The smallest absolute Gasteiger partial charge is 0.318 e. The van der Waals surface area contributed by atoms with Gasteiger partial charge in [0.25, 0.3) is 0 Å². The van der Waals surface area contributed by atoms with Crippen molar-refractivity contribution in [1.29, 1.82) is 0 Å². The molecule has 1 saturated heterocycles. The van der Waals surface area contributed by atoms with E-state index in [-0.39, 0.29) is 6.61 Å². The first-order valence-electron chi connectivity index (χ1n) is 5.67. The summed E-state index contributed by atoms with van der Waals surface area (Å²) in [6.45, 7) is 2.02. The molecule has 0 spiro atoms. The van der Waals surface area contributed by atoms with Gasteiger partial charge in [0, 0.05) is 19.7 Å². The molecule has 1 aliphatic rings. The normalized spacial score (nSPS) is 19.7. The predicted octanol–water partition coefficient (Wildman–Crippen LogP) is 1.35. The summed E-state index contributed by atoms with van der Waals surface area (Å²) in [7, 11) is 1.53. The molecule has 0 radical (unpaired) electrons. The van der Waals surface area contributed by atoms with Crippen molar-refractivity contribution in [3.63, 3.8) is 0 Å². The van der Waals surface area contributed by atoms with Crippen LogP contribution in [0.25, 0.3) is 0 Å². The number of anilines is 1. The van der Waals surface area contributed by atoms with Gasteiger partial charge in [-0.25, -0.2) is 4.98 Å². The third-order valence-electron chi connectivity index (χ3n) is 3.01. The summed E-state index contributed by atoms with van der Waals surface area (Å²) in [5, 5.41) is 9.47. The third kappa shape index (κ3) is 2.79. The van der Waals surface area contributed by atoms with Crippen molar-refractivity contribution in [2.45, 2.75) is 12.8 Å². The highest BCUT2D eigenvalue weighted by molar-refractivity contribution is 6.32. The molecule has 0 saturated carbocycles. The van der Waals surface area contributed by atoms with E-state index in [1.165, 1.54) is 7.11 Å². The van der Waals surface area contributed by atoms with Gasteiger partial charge in [-0.15, -0.1) is 0 Å². The number of ether oxygens (including phenoxy) is 1. The van der Waals surface area contributed by atoms with E-state index in [2.05, 4.69) is 14.9 Å². The average molecular weight is 258 g/mol. The van der Waals surface area contributed by atoms with Crippen molar-refractivity contribution in [2.24, 2.45) is 5.92 Å². The molecule has 1 aliphatic heterocycles. The number of aliphatic hydroxyl groups excluding tert-OH is 1. The molecule has 5 nitrogen and oxygen atoms in total. The number of methoxy groups -OCH3 is 1. The van der Waals surface area contributed by atoms with Crippen LogP contribution in [-0.4, -0.2) is 41.9 Å². The van der Waals surface area contributed by atoms with Crippen LogP contribution in [0.5, 0.6) is 6.01 Å². The fraction of sp³-hybridized carbons (Fsp3) is 0.636. The van der Waals surface area contributed by atoms with Crippen LogP contribution in [0.4, 0.5) is 5.82 Å². The minimum atomic E-state index is 0.235. The van der Waals surface area contributed by atoms with Crippen LogP contribution in [0, 0.1) is 5.92 Å². The van der Waals surface area contributed by atoms with E-state index in [1.54, 1.807) is 6.20 Å². The Balaban J connectivity index is 2.12. The highest BCUT2D eigenvalue weighted by atomic mass is 35.5. The molecule has 1 fully saturated rings. The van der Waals surface area contributed by atoms with Crippen molar-refractivity contribution in [3.05, 3.63) is 11.2 Å². The molecule has 1 atom stereocenters. The highest BCUT2D eigenvalue weighted by Gasteiger charge is 2.25. The Morgan fingerprint density at radius 2 is 2.47 bits per heavy atom. The van der Waals surface area contributed by atoms with E-state index < -0.39 is 0 Å². The summed E-state index contributed by atoms with van der Waals surface area (Å²) in [6, 6.07) is 0.329. The second-order valence-corrected chi connectivity index (χ2v) is 4.55. The summed E-state index contributed by atoms with van der Waals surface area (Å²) in [4.78, 5) is 10.3.